The molecule has 34 heavy (non-hydrogen) atoms. The molecule has 16 nitrogen and oxygen atoms in total. The highest BCUT2D eigenvalue weighted by Crippen LogP contribution is 2.32. The molecule has 15 atom stereocenters. The number of rotatable bonds is 7. The van der Waals surface area contributed by atoms with E-state index in [0.29, 0.717) is 0 Å². The summed E-state index contributed by atoms with van der Waals surface area (Å²) in [6.45, 7) is -2.34. The second kappa shape index (κ2) is 11.6. The third-order valence-corrected chi connectivity index (χ3v) is 6.09. The van der Waals surface area contributed by atoms with Crippen LogP contribution < -0.4 is 0 Å². The molecular weight excluding hydrogens is 472 g/mol. The van der Waals surface area contributed by atoms with E-state index in [0.717, 1.165) is 0 Å². The lowest BCUT2D eigenvalue weighted by Gasteiger charge is -2.47. The minimum absolute atomic E-state index is 0.759. The van der Waals surface area contributed by atoms with Gasteiger partial charge in [-0.1, -0.05) is 0 Å². The molecule has 0 saturated carbocycles. The predicted octanol–water partition coefficient (Wildman–Crippen LogP) is -7.57. The maximum Gasteiger partial charge on any atom is 0.187 e. The Hall–Kier alpha value is -0.640. The zero-order valence-corrected chi connectivity index (χ0v) is 17.7. The van der Waals surface area contributed by atoms with E-state index in [4.69, 9.17) is 23.7 Å². The van der Waals surface area contributed by atoms with E-state index >= 15 is 0 Å². The van der Waals surface area contributed by atoms with E-state index in [2.05, 4.69) is 0 Å². The number of hydrogen-bond acceptors (Lipinski definition) is 16. The second-order valence-electron chi connectivity index (χ2n) is 8.33. The van der Waals surface area contributed by atoms with Crippen molar-refractivity contribution in [1.82, 2.24) is 0 Å². The number of aliphatic hydroxyl groups excluding tert-OH is 11. The molecule has 200 valence electrons. The fourth-order valence-corrected chi connectivity index (χ4v) is 4.05. The van der Waals surface area contributed by atoms with Crippen LogP contribution in [0.25, 0.3) is 0 Å². The third kappa shape index (κ3) is 5.37. The molecule has 0 amide bonds. The van der Waals surface area contributed by atoms with Crippen LogP contribution in [0.3, 0.4) is 0 Å². The fourth-order valence-electron chi connectivity index (χ4n) is 4.05. The van der Waals surface area contributed by atoms with Gasteiger partial charge in [0.2, 0.25) is 0 Å². The van der Waals surface area contributed by atoms with Gasteiger partial charge in [0, 0.05) is 0 Å². The molecule has 3 fully saturated rings. The molecule has 0 aliphatic carbocycles. The second-order valence-corrected chi connectivity index (χ2v) is 8.33. The predicted molar refractivity (Wildman–Crippen MR) is 101 cm³/mol. The molecule has 0 aromatic rings. The van der Waals surface area contributed by atoms with Gasteiger partial charge in [0.1, 0.15) is 73.2 Å². The van der Waals surface area contributed by atoms with Crippen molar-refractivity contribution in [3.63, 3.8) is 0 Å². The van der Waals surface area contributed by atoms with E-state index in [1.807, 2.05) is 0 Å². The Balaban J connectivity index is 1.78. The van der Waals surface area contributed by atoms with E-state index < -0.39 is 112 Å². The SMILES string of the molecule is OCC1O[C@@H](O)C(O)C(O)[C@@H]1O[C@@H]1OC(CO)[C@H](O)[C@H](O[C@@H]2OC(CO)[C@H](O)[C@H](O)C2O)C1O. The van der Waals surface area contributed by atoms with Crippen molar-refractivity contribution in [2.24, 2.45) is 0 Å². The highest BCUT2D eigenvalue weighted by Gasteiger charge is 2.53. The van der Waals surface area contributed by atoms with Gasteiger partial charge < -0.3 is 79.9 Å². The fraction of sp³-hybridized carbons (Fsp3) is 1.00. The highest BCUT2D eigenvalue weighted by molar-refractivity contribution is 4.96. The van der Waals surface area contributed by atoms with Crippen LogP contribution in [0, 0.1) is 0 Å². The minimum Gasteiger partial charge on any atom is -0.394 e. The van der Waals surface area contributed by atoms with Gasteiger partial charge in [-0.15, -0.1) is 0 Å². The average Bonchev–Trinajstić information content (AvgIpc) is 2.83. The lowest BCUT2D eigenvalue weighted by Crippen LogP contribution is -2.66. The number of ether oxygens (including phenoxy) is 5. The van der Waals surface area contributed by atoms with Gasteiger partial charge in [-0.05, 0) is 0 Å². The Labute approximate surface area is 192 Å². The van der Waals surface area contributed by atoms with Crippen molar-refractivity contribution < 1.29 is 79.9 Å². The molecule has 0 spiro atoms. The number of hydrogen-bond donors (Lipinski definition) is 11. The van der Waals surface area contributed by atoms with Crippen LogP contribution >= 0.6 is 0 Å². The normalized spacial score (nSPS) is 52.5. The molecule has 11 N–H and O–H groups in total. The summed E-state index contributed by atoms with van der Waals surface area (Å²) in [5.74, 6) is 0. The molecule has 0 bridgehead atoms. The standard InChI is InChI=1S/C18H32O16/c19-1-4-7(22)9(24)12(27)17(31-4)34-15-8(23)5(2-20)32-18(13(15)28)33-14-6(3-21)30-16(29)11(26)10(14)25/h4-29H,1-3H2/t4?,5?,6?,7-,8-,9-,10?,11?,12?,13?,14+,15-,16+,17-,18-/m0/s1. The van der Waals surface area contributed by atoms with Crippen molar-refractivity contribution in [2.45, 2.75) is 92.1 Å². The van der Waals surface area contributed by atoms with Crippen LogP contribution in [-0.4, -0.2) is 168 Å². The molecule has 0 aromatic heterocycles. The van der Waals surface area contributed by atoms with Crippen LogP contribution in [-0.2, 0) is 23.7 Å². The third-order valence-electron chi connectivity index (χ3n) is 6.09. The van der Waals surface area contributed by atoms with Gasteiger partial charge in [0.15, 0.2) is 18.9 Å². The zero-order chi connectivity index (χ0) is 25.3. The van der Waals surface area contributed by atoms with Gasteiger partial charge >= 0.3 is 0 Å². The summed E-state index contributed by atoms with van der Waals surface area (Å²) < 4.78 is 26.4. The summed E-state index contributed by atoms with van der Waals surface area (Å²) in [7, 11) is 0. The van der Waals surface area contributed by atoms with E-state index in [9.17, 15) is 56.2 Å². The van der Waals surface area contributed by atoms with Gasteiger partial charge in [0.05, 0.1) is 19.8 Å². The number of aliphatic hydroxyl groups is 11. The van der Waals surface area contributed by atoms with Crippen LogP contribution in [0.2, 0.25) is 0 Å². The van der Waals surface area contributed by atoms with Crippen LogP contribution in [0.1, 0.15) is 0 Å². The van der Waals surface area contributed by atoms with Crippen molar-refractivity contribution in [1.29, 1.82) is 0 Å². The van der Waals surface area contributed by atoms with Crippen molar-refractivity contribution in [3.8, 4) is 0 Å². The maximum absolute atomic E-state index is 10.8. The molecule has 0 radical (unpaired) electrons. The Morgan fingerprint density at radius 1 is 0.441 bits per heavy atom. The first-order valence-electron chi connectivity index (χ1n) is 10.6. The monoisotopic (exact) mass is 504 g/mol. The summed E-state index contributed by atoms with van der Waals surface area (Å²) in [4.78, 5) is 0. The van der Waals surface area contributed by atoms with Gasteiger partial charge in [-0.2, -0.15) is 0 Å². The quantitative estimate of drug-likeness (QED) is 0.154. The van der Waals surface area contributed by atoms with Crippen molar-refractivity contribution >= 4 is 0 Å². The first-order valence-corrected chi connectivity index (χ1v) is 10.6. The summed E-state index contributed by atoms with van der Waals surface area (Å²) in [5.41, 5.74) is 0. The van der Waals surface area contributed by atoms with Crippen LogP contribution in [0.4, 0.5) is 0 Å². The largest absolute Gasteiger partial charge is 0.394 e. The first-order chi connectivity index (χ1) is 16.0. The minimum atomic E-state index is -1.90. The Bertz CT molecular complexity index is 637. The summed E-state index contributed by atoms with van der Waals surface area (Å²) in [6, 6.07) is 0. The maximum atomic E-state index is 10.8. The van der Waals surface area contributed by atoms with E-state index in [1.165, 1.54) is 0 Å². The topological polar surface area (TPSA) is 269 Å². The Morgan fingerprint density at radius 3 is 1.50 bits per heavy atom. The van der Waals surface area contributed by atoms with E-state index in [-0.39, 0.29) is 0 Å². The van der Waals surface area contributed by atoms with Crippen molar-refractivity contribution in [3.05, 3.63) is 0 Å². The molecule has 0 aromatic carbocycles. The Kier molecular flexibility index (Phi) is 9.54. The Morgan fingerprint density at radius 2 is 0.941 bits per heavy atom. The molecule has 3 aliphatic heterocycles. The summed E-state index contributed by atoms with van der Waals surface area (Å²) in [6.07, 6.45) is -25.4. The molecule has 3 heterocycles. The first kappa shape index (κ1) is 27.9. The van der Waals surface area contributed by atoms with Gasteiger partial charge in [-0.3, -0.25) is 0 Å². The lowest BCUT2D eigenvalue weighted by atomic mass is 9.96. The lowest BCUT2D eigenvalue weighted by molar-refractivity contribution is -0.378. The summed E-state index contributed by atoms with van der Waals surface area (Å²) in [5, 5.41) is 109. The highest BCUT2D eigenvalue weighted by atomic mass is 16.7. The smallest absolute Gasteiger partial charge is 0.187 e. The van der Waals surface area contributed by atoms with Gasteiger partial charge in [-0.25, -0.2) is 0 Å². The van der Waals surface area contributed by atoms with Crippen molar-refractivity contribution in [2.75, 3.05) is 19.8 Å². The molecule has 3 rings (SSSR count). The average molecular weight is 504 g/mol. The van der Waals surface area contributed by atoms with Gasteiger partial charge in [0.25, 0.3) is 0 Å². The summed E-state index contributed by atoms with van der Waals surface area (Å²) >= 11 is 0. The molecule has 3 saturated heterocycles. The molecule has 16 heteroatoms. The van der Waals surface area contributed by atoms with Crippen LogP contribution in [0.5, 0.6) is 0 Å². The molecule has 3 aliphatic rings. The van der Waals surface area contributed by atoms with E-state index in [1.54, 1.807) is 0 Å². The zero-order valence-electron chi connectivity index (χ0n) is 17.7. The van der Waals surface area contributed by atoms with Crippen LogP contribution in [0.15, 0.2) is 0 Å². The molecular formula is C18H32O16. The molecule has 7 unspecified atom stereocenters.